The number of fused-ring (bicyclic) bond motifs is 1. The highest BCUT2D eigenvalue weighted by Gasteiger charge is 2.32. The van der Waals surface area contributed by atoms with Gasteiger partial charge in [0.25, 0.3) is 0 Å². The Morgan fingerprint density at radius 2 is 1.93 bits per heavy atom. The summed E-state index contributed by atoms with van der Waals surface area (Å²) in [7, 11) is 0. The molecular formula is C25H34Cl2N2O. The van der Waals surface area contributed by atoms with Gasteiger partial charge < -0.3 is 10.1 Å². The van der Waals surface area contributed by atoms with Crippen LogP contribution in [0.2, 0.25) is 0 Å². The van der Waals surface area contributed by atoms with Crippen molar-refractivity contribution in [2.45, 2.75) is 32.2 Å². The Kier molecular flexibility index (Phi) is 10.2. The number of rotatable bonds is 6. The van der Waals surface area contributed by atoms with E-state index in [4.69, 9.17) is 0 Å². The van der Waals surface area contributed by atoms with Crippen LogP contribution in [0.15, 0.2) is 66.4 Å². The number of allylic oxidation sites excluding steroid dienone is 4. The van der Waals surface area contributed by atoms with Gasteiger partial charge in [0.15, 0.2) is 0 Å². The van der Waals surface area contributed by atoms with Crippen LogP contribution in [0, 0.1) is 23.7 Å². The fraction of sp³-hybridized carbons (Fsp3) is 0.480. The van der Waals surface area contributed by atoms with Gasteiger partial charge in [0.1, 0.15) is 6.29 Å². The number of carbonyl (C=O) groups is 1. The van der Waals surface area contributed by atoms with E-state index in [0.29, 0.717) is 30.1 Å². The van der Waals surface area contributed by atoms with Crippen LogP contribution in [0.1, 0.15) is 31.2 Å². The van der Waals surface area contributed by atoms with Crippen molar-refractivity contribution in [3.05, 3.63) is 72.0 Å². The Bertz CT molecular complexity index is 747. The monoisotopic (exact) mass is 448 g/mol. The lowest BCUT2D eigenvalue weighted by Crippen LogP contribution is -2.41. The highest BCUT2D eigenvalue weighted by atomic mass is 35.5. The Labute approximate surface area is 193 Å². The molecule has 1 N–H and O–H groups in total. The molecule has 1 saturated heterocycles. The molecule has 30 heavy (non-hydrogen) atoms. The quantitative estimate of drug-likeness (QED) is 0.608. The lowest BCUT2D eigenvalue weighted by atomic mass is 9.73. The molecule has 0 spiro atoms. The van der Waals surface area contributed by atoms with Gasteiger partial charge in [-0.2, -0.15) is 0 Å². The van der Waals surface area contributed by atoms with Gasteiger partial charge in [-0.15, -0.1) is 24.8 Å². The van der Waals surface area contributed by atoms with Crippen molar-refractivity contribution in [1.29, 1.82) is 0 Å². The second-order valence-corrected chi connectivity index (χ2v) is 8.49. The van der Waals surface area contributed by atoms with Crippen LogP contribution < -0.4 is 5.32 Å². The fourth-order valence-electron chi connectivity index (χ4n) is 5.07. The zero-order chi connectivity index (χ0) is 19.2. The summed E-state index contributed by atoms with van der Waals surface area (Å²) in [6, 6.07) is 10.8. The third kappa shape index (κ3) is 6.23. The maximum Gasteiger partial charge on any atom is 0.120 e. The molecule has 0 amide bonds. The zero-order valence-corrected chi connectivity index (χ0v) is 19.1. The molecular weight excluding hydrogens is 415 g/mol. The minimum atomic E-state index is 0. The molecule has 4 unspecified atom stereocenters. The average molecular weight is 449 g/mol. The van der Waals surface area contributed by atoms with Crippen LogP contribution in [0.4, 0.5) is 0 Å². The Balaban J connectivity index is 0.00000160. The topological polar surface area (TPSA) is 32.3 Å². The molecule has 3 nitrogen and oxygen atoms in total. The normalized spacial score (nSPS) is 28.1. The molecule has 0 saturated carbocycles. The van der Waals surface area contributed by atoms with Crippen molar-refractivity contribution in [3.8, 4) is 0 Å². The largest absolute Gasteiger partial charge is 0.391 e. The molecule has 2 heterocycles. The van der Waals surface area contributed by atoms with Gasteiger partial charge in [-0.1, -0.05) is 54.6 Å². The van der Waals surface area contributed by atoms with Gasteiger partial charge in [0, 0.05) is 32.0 Å². The van der Waals surface area contributed by atoms with Gasteiger partial charge in [-0.05, 0) is 60.9 Å². The average Bonchev–Trinajstić information content (AvgIpc) is 2.98. The number of hydrogen-bond donors (Lipinski definition) is 1. The molecule has 164 valence electrons. The van der Waals surface area contributed by atoms with E-state index in [1.54, 1.807) is 0 Å². The van der Waals surface area contributed by atoms with Crippen molar-refractivity contribution in [1.82, 2.24) is 10.2 Å². The number of halogens is 2. The van der Waals surface area contributed by atoms with E-state index >= 15 is 0 Å². The molecule has 2 aliphatic heterocycles. The summed E-state index contributed by atoms with van der Waals surface area (Å²) in [5.41, 5.74) is 2.88. The molecule has 0 radical (unpaired) electrons. The standard InChI is InChI=1S/C25H32N2O.2ClH/c28-16-4-7-22-12-15-27(18-20-5-2-1-3-6-20)19-25(22)24-9-8-21-10-13-26-14-11-23(21)17-24;;/h1-3,5-6,8-9,11,14,16-17,21-23,25-26H,4,7,10,12-13,15,18-19H2;2*1H. The smallest absolute Gasteiger partial charge is 0.120 e. The van der Waals surface area contributed by atoms with Crippen molar-refractivity contribution in [2.24, 2.45) is 23.7 Å². The van der Waals surface area contributed by atoms with E-state index in [0.717, 1.165) is 38.9 Å². The van der Waals surface area contributed by atoms with Crippen LogP contribution in [0.25, 0.3) is 0 Å². The van der Waals surface area contributed by atoms with Crippen LogP contribution in [0.5, 0.6) is 0 Å². The summed E-state index contributed by atoms with van der Waals surface area (Å²) in [6.07, 6.45) is 17.0. The van der Waals surface area contributed by atoms with Gasteiger partial charge in [-0.25, -0.2) is 0 Å². The lowest BCUT2D eigenvalue weighted by molar-refractivity contribution is -0.108. The van der Waals surface area contributed by atoms with Crippen LogP contribution in [-0.4, -0.2) is 30.8 Å². The fourth-order valence-corrected chi connectivity index (χ4v) is 5.07. The number of nitrogens with one attached hydrogen (secondary N) is 1. The van der Waals surface area contributed by atoms with Gasteiger partial charge in [-0.3, -0.25) is 4.90 Å². The third-order valence-electron chi connectivity index (χ3n) is 6.65. The molecule has 5 heteroatoms. The van der Waals surface area contributed by atoms with E-state index in [2.05, 4.69) is 71.1 Å². The van der Waals surface area contributed by atoms with Gasteiger partial charge in [0.2, 0.25) is 0 Å². The summed E-state index contributed by atoms with van der Waals surface area (Å²) in [5, 5.41) is 3.38. The number of likely N-dealkylation sites (tertiary alicyclic amines) is 1. The summed E-state index contributed by atoms with van der Waals surface area (Å²) in [6.45, 7) is 4.29. The molecule has 0 aromatic heterocycles. The summed E-state index contributed by atoms with van der Waals surface area (Å²) >= 11 is 0. The first-order chi connectivity index (χ1) is 13.8. The van der Waals surface area contributed by atoms with Crippen LogP contribution in [-0.2, 0) is 11.3 Å². The zero-order valence-electron chi connectivity index (χ0n) is 17.5. The third-order valence-corrected chi connectivity index (χ3v) is 6.65. The Morgan fingerprint density at radius 1 is 1.10 bits per heavy atom. The molecule has 4 atom stereocenters. The number of carbonyl (C=O) groups excluding carboxylic acids is 1. The summed E-state index contributed by atoms with van der Waals surface area (Å²) in [4.78, 5) is 13.6. The molecule has 1 aliphatic carbocycles. The molecule has 1 aromatic carbocycles. The first-order valence-corrected chi connectivity index (χ1v) is 10.8. The maximum atomic E-state index is 11.0. The lowest BCUT2D eigenvalue weighted by Gasteiger charge is -2.40. The van der Waals surface area contributed by atoms with Crippen molar-refractivity contribution in [2.75, 3.05) is 19.6 Å². The van der Waals surface area contributed by atoms with E-state index in [-0.39, 0.29) is 24.8 Å². The molecule has 3 aliphatic rings. The van der Waals surface area contributed by atoms with Gasteiger partial charge >= 0.3 is 0 Å². The van der Waals surface area contributed by atoms with Crippen molar-refractivity contribution < 1.29 is 4.79 Å². The molecule has 0 bridgehead atoms. The minimum absolute atomic E-state index is 0. The predicted molar refractivity (Wildman–Crippen MR) is 129 cm³/mol. The van der Waals surface area contributed by atoms with E-state index in [1.807, 2.05) is 0 Å². The van der Waals surface area contributed by atoms with Crippen LogP contribution >= 0.6 is 24.8 Å². The second kappa shape index (κ2) is 12.3. The van der Waals surface area contributed by atoms with Crippen LogP contribution in [0.3, 0.4) is 0 Å². The molecule has 1 fully saturated rings. The Morgan fingerprint density at radius 3 is 2.73 bits per heavy atom. The minimum Gasteiger partial charge on any atom is -0.391 e. The van der Waals surface area contributed by atoms with Crippen molar-refractivity contribution >= 4 is 31.1 Å². The molecule has 1 aromatic rings. The first-order valence-electron chi connectivity index (χ1n) is 10.8. The summed E-state index contributed by atoms with van der Waals surface area (Å²) in [5.74, 6) is 2.26. The maximum absolute atomic E-state index is 11.0. The predicted octanol–water partition coefficient (Wildman–Crippen LogP) is 5.18. The van der Waals surface area contributed by atoms with E-state index < -0.39 is 0 Å². The number of piperidine rings is 1. The second-order valence-electron chi connectivity index (χ2n) is 8.49. The van der Waals surface area contributed by atoms with E-state index in [9.17, 15) is 4.79 Å². The summed E-state index contributed by atoms with van der Waals surface area (Å²) < 4.78 is 0. The Hall–Kier alpha value is -1.55. The SMILES string of the molecule is Cl.Cl.O=CCCC1CCN(Cc2ccccc2)CC1C1=CC2C=CNCCC2C=C1. The highest BCUT2D eigenvalue weighted by molar-refractivity contribution is 5.85. The number of hydrogen-bond acceptors (Lipinski definition) is 3. The number of benzene rings is 1. The van der Waals surface area contributed by atoms with Gasteiger partial charge in [0.05, 0.1) is 0 Å². The highest BCUT2D eigenvalue weighted by Crippen LogP contribution is 2.38. The number of nitrogens with zero attached hydrogens (tertiary/aromatic N) is 1. The van der Waals surface area contributed by atoms with E-state index in [1.165, 1.54) is 24.0 Å². The van der Waals surface area contributed by atoms with Crippen molar-refractivity contribution in [3.63, 3.8) is 0 Å². The first kappa shape index (κ1) is 24.7. The number of aldehydes is 1. The molecule has 4 rings (SSSR count).